The van der Waals surface area contributed by atoms with Gasteiger partial charge < -0.3 is 19.9 Å². The fraction of sp³-hybridized carbons (Fsp3) is 0.588. The fourth-order valence-corrected chi connectivity index (χ4v) is 2.05. The first kappa shape index (κ1) is 19.2. The van der Waals surface area contributed by atoms with Gasteiger partial charge in [-0.25, -0.2) is 4.39 Å². The van der Waals surface area contributed by atoms with E-state index < -0.39 is 5.82 Å². The molecule has 23 heavy (non-hydrogen) atoms. The summed E-state index contributed by atoms with van der Waals surface area (Å²) in [5, 5.41) is 12.7. The normalized spacial score (nSPS) is 17.7. The predicted octanol–water partition coefficient (Wildman–Crippen LogP) is 2.87. The Labute approximate surface area is 136 Å². The first-order chi connectivity index (χ1) is 10.8. The van der Waals surface area contributed by atoms with E-state index in [-0.39, 0.29) is 17.1 Å². The SMILES string of the molecule is CC(C)(C)OC=O.Oc1cccc(F)c1OCC1CCCNC1. The van der Waals surface area contributed by atoms with Gasteiger partial charge in [0.2, 0.25) is 0 Å². The molecule has 0 aromatic heterocycles. The zero-order valence-electron chi connectivity index (χ0n) is 14.0. The van der Waals surface area contributed by atoms with Crippen molar-refractivity contribution in [1.29, 1.82) is 0 Å². The highest BCUT2D eigenvalue weighted by atomic mass is 19.1. The van der Waals surface area contributed by atoms with E-state index in [2.05, 4.69) is 10.1 Å². The lowest BCUT2D eigenvalue weighted by molar-refractivity contribution is -0.138. The molecule has 1 aliphatic heterocycles. The summed E-state index contributed by atoms with van der Waals surface area (Å²) in [6, 6.07) is 4.17. The molecular weight excluding hydrogens is 301 g/mol. The molecule has 1 atom stereocenters. The number of hydrogen-bond donors (Lipinski definition) is 2. The van der Waals surface area contributed by atoms with Crippen molar-refractivity contribution in [2.45, 2.75) is 39.2 Å². The monoisotopic (exact) mass is 327 g/mol. The molecule has 1 aromatic rings. The lowest BCUT2D eigenvalue weighted by Gasteiger charge is -2.23. The number of aromatic hydroxyl groups is 1. The Morgan fingerprint density at radius 1 is 1.43 bits per heavy atom. The number of ether oxygens (including phenoxy) is 2. The maximum absolute atomic E-state index is 13.3. The van der Waals surface area contributed by atoms with Crippen LogP contribution < -0.4 is 10.1 Å². The summed E-state index contributed by atoms with van der Waals surface area (Å²) >= 11 is 0. The molecule has 2 N–H and O–H groups in total. The third-order valence-corrected chi connectivity index (χ3v) is 3.21. The van der Waals surface area contributed by atoms with Crippen LogP contribution in [0.25, 0.3) is 0 Å². The molecule has 0 amide bonds. The van der Waals surface area contributed by atoms with E-state index >= 15 is 0 Å². The number of phenolic OH excluding ortho intramolecular Hbond substituents is 1. The van der Waals surface area contributed by atoms with Crippen LogP contribution in [0.1, 0.15) is 33.6 Å². The van der Waals surface area contributed by atoms with Crippen LogP contribution in [-0.4, -0.2) is 36.9 Å². The quantitative estimate of drug-likeness (QED) is 0.832. The van der Waals surface area contributed by atoms with Crippen LogP contribution in [0.2, 0.25) is 0 Å². The summed E-state index contributed by atoms with van der Waals surface area (Å²) in [6.45, 7) is 8.31. The molecular formula is C17H26FNO4. The molecule has 5 nitrogen and oxygen atoms in total. The van der Waals surface area contributed by atoms with Crippen molar-refractivity contribution < 1.29 is 23.8 Å². The number of phenols is 1. The number of hydrogen-bond acceptors (Lipinski definition) is 5. The molecule has 0 bridgehead atoms. The van der Waals surface area contributed by atoms with Gasteiger partial charge in [-0.3, -0.25) is 4.79 Å². The molecule has 0 spiro atoms. The molecule has 1 saturated heterocycles. The topological polar surface area (TPSA) is 67.8 Å². The van der Waals surface area contributed by atoms with Crippen LogP contribution in [0.3, 0.4) is 0 Å². The average molecular weight is 327 g/mol. The molecule has 130 valence electrons. The first-order valence-electron chi connectivity index (χ1n) is 7.76. The van der Waals surface area contributed by atoms with Crippen LogP contribution in [0.15, 0.2) is 18.2 Å². The van der Waals surface area contributed by atoms with Crippen molar-refractivity contribution in [3.63, 3.8) is 0 Å². The Bertz CT molecular complexity index is 462. The van der Waals surface area contributed by atoms with E-state index in [1.165, 1.54) is 18.2 Å². The number of nitrogens with one attached hydrogen (secondary N) is 1. The Hall–Kier alpha value is -1.82. The molecule has 1 aliphatic rings. The zero-order valence-corrected chi connectivity index (χ0v) is 14.0. The van der Waals surface area contributed by atoms with Gasteiger partial charge >= 0.3 is 0 Å². The van der Waals surface area contributed by atoms with Crippen LogP contribution in [0.4, 0.5) is 4.39 Å². The number of benzene rings is 1. The second kappa shape index (κ2) is 9.35. The Morgan fingerprint density at radius 3 is 2.65 bits per heavy atom. The van der Waals surface area contributed by atoms with Gasteiger partial charge in [0, 0.05) is 12.5 Å². The van der Waals surface area contributed by atoms with Crippen molar-refractivity contribution in [2.24, 2.45) is 5.92 Å². The van der Waals surface area contributed by atoms with Crippen LogP contribution in [0, 0.1) is 11.7 Å². The van der Waals surface area contributed by atoms with Gasteiger partial charge in [-0.1, -0.05) is 6.07 Å². The average Bonchev–Trinajstić information content (AvgIpc) is 2.47. The number of halogens is 1. The maximum Gasteiger partial charge on any atom is 0.293 e. The third kappa shape index (κ3) is 7.83. The summed E-state index contributed by atoms with van der Waals surface area (Å²) in [6.07, 6.45) is 2.21. The molecule has 0 radical (unpaired) electrons. The van der Waals surface area contributed by atoms with Gasteiger partial charge in [0.1, 0.15) is 5.60 Å². The number of carbonyl (C=O) groups excluding carboxylic acids is 1. The van der Waals surface area contributed by atoms with Crippen molar-refractivity contribution in [2.75, 3.05) is 19.7 Å². The molecule has 1 unspecified atom stereocenters. The molecule has 0 aliphatic carbocycles. The van der Waals surface area contributed by atoms with E-state index in [4.69, 9.17) is 4.74 Å². The van der Waals surface area contributed by atoms with Gasteiger partial charge in [0.25, 0.3) is 6.47 Å². The summed E-state index contributed by atoms with van der Waals surface area (Å²) in [5.41, 5.74) is -0.318. The van der Waals surface area contributed by atoms with Gasteiger partial charge in [-0.05, 0) is 52.3 Å². The Kier molecular flexibility index (Phi) is 7.81. The second-order valence-electron chi connectivity index (χ2n) is 6.44. The molecule has 0 saturated carbocycles. The highest BCUT2D eigenvalue weighted by molar-refractivity contribution is 5.39. The summed E-state index contributed by atoms with van der Waals surface area (Å²) in [5.74, 6) is -0.284. The van der Waals surface area contributed by atoms with E-state index in [9.17, 15) is 14.3 Å². The molecule has 6 heteroatoms. The van der Waals surface area contributed by atoms with Crippen LogP contribution in [0.5, 0.6) is 11.5 Å². The number of carbonyl (C=O) groups is 1. The van der Waals surface area contributed by atoms with Gasteiger partial charge in [0.05, 0.1) is 6.61 Å². The molecule has 2 rings (SSSR count). The van der Waals surface area contributed by atoms with Crippen molar-refractivity contribution in [3.05, 3.63) is 24.0 Å². The maximum atomic E-state index is 13.3. The number of para-hydroxylation sites is 1. The first-order valence-corrected chi connectivity index (χ1v) is 7.76. The van der Waals surface area contributed by atoms with Crippen molar-refractivity contribution in [3.8, 4) is 11.5 Å². The number of rotatable bonds is 4. The van der Waals surface area contributed by atoms with Crippen LogP contribution in [-0.2, 0) is 9.53 Å². The smallest absolute Gasteiger partial charge is 0.293 e. The molecule has 1 heterocycles. The third-order valence-electron chi connectivity index (χ3n) is 3.21. The van der Waals surface area contributed by atoms with Crippen molar-refractivity contribution >= 4 is 6.47 Å². The van der Waals surface area contributed by atoms with E-state index in [1.54, 1.807) is 0 Å². The lowest BCUT2D eigenvalue weighted by Crippen LogP contribution is -2.33. The van der Waals surface area contributed by atoms with Gasteiger partial charge in [-0.15, -0.1) is 0 Å². The predicted molar refractivity (Wildman–Crippen MR) is 86.1 cm³/mol. The standard InChI is InChI=1S/C12H16FNO2.C5H10O2/c13-10-4-1-5-11(15)12(10)16-8-9-3-2-6-14-7-9;1-5(2,3)7-4-6/h1,4-5,9,14-15H,2-3,6-8H2;4H,1-3H3. The Morgan fingerprint density at radius 2 is 2.17 bits per heavy atom. The van der Waals surface area contributed by atoms with E-state index in [0.29, 0.717) is 19.0 Å². The van der Waals surface area contributed by atoms with Gasteiger partial charge in [-0.2, -0.15) is 0 Å². The van der Waals surface area contributed by atoms with Crippen LogP contribution >= 0.6 is 0 Å². The second-order valence-corrected chi connectivity index (χ2v) is 6.44. The van der Waals surface area contributed by atoms with E-state index in [1.807, 2.05) is 20.8 Å². The largest absolute Gasteiger partial charge is 0.504 e. The fourth-order valence-electron chi connectivity index (χ4n) is 2.05. The van der Waals surface area contributed by atoms with E-state index in [0.717, 1.165) is 25.9 Å². The lowest BCUT2D eigenvalue weighted by atomic mass is 10.0. The highest BCUT2D eigenvalue weighted by Crippen LogP contribution is 2.29. The van der Waals surface area contributed by atoms with Crippen molar-refractivity contribution in [1.82, 2.24) is 5.32 Å². The minimum Gasteiger partial charge on any atom is -0.504 e. The minimum absolute atomic E-state index is 0.0342. The summed E-state index contributed by atoms with van der Waals surface area (Å²) in [7, 11) is 0. The van der Waals surface area contributed by atoms with Gasteiger partial charge in [0.15, 0.2) is 17.3 Å². The number of piperidine rings is 1. The zero-order chi connectivity index (χ0) is 17.3. The highest BCUT2D eigenvalue weighted by Gasteiger charge is 2.16. The Balaban J connectivity index is 0.000000322. The summed E-state index contributed by atoms with van der Waals surface area (Å²) < 4.78 is 23.2. The molecule has 1 fully saturated rings. The minimum atomic E-state index is -0.510. The summed E-state index contributed by atoms with van der Waals surface area (Å²) in [4.78, 5) is 9.60. The molecule has 1 aromatic carbocycles.